The number of ether oxygens (including phenoxy) is 1. The van der Waals surface area contributed by atoms with E-state index in [0.717, 1.165) is 45.6 Å². The second-order valence-corrected chi connectivity index (χ2v) is 8.16. The number of nitrogens with one attached hydrogen (secondary N) is 1. The first-order chi connectivity index (χ1) is 13.3. The lowest BCUT2D eigenvalue weighted by molar-refractivity contribution is -0.144. The van der Waals surface area contributed by atoms with Gasteiger partial charge < -0.3 is 15.0 Å². The van der Waals surface area contributed by atoms with Gasteiger partial charge in [-0.3, -0.25) is 4.79 Å². The Bertz CT molecular complexity index is 330. The summed E-state index contributed by atoms with van der Waals surface area (Å²) in [7, 11) is 0. The molecule has 0 bridgehead atoms. The number of nitrogens with zero attached hydrogens (tertiary/aromatic N) is 1. The smallest absolute Gasteiger partial charge is 0.305 e. The molecule has 0 unspecified atom stereocenters. The summed E-state index contributed by atoms with van der Waals surface area (Å²) >= 11 is 0. The Morgan fingerprint density at radius 1 is 0.778 bits per heavy atom. The van der Waals surface area contributed by atoms with Crippen molar-refractivity contribution in [3.63, 3.8) is 0 Å². The second-order valence-electron chi connectivity index (χ2n) is 8.16. The summed E-state index contributed by atoms with van der Waals surface area (Å²) < 4.78 is 5.36. The number of carbonyl (C=O) groups excluding carboxylic acids is 1. The molecule has 27 heavy (non-hydrogen) atoms. The predicted molar refractivity (Wildman–Crippen MR) is 115 cm³/mol. The molecule has 1 rings (SSSR count). The summed E-state index contributed by atoms with van der Waals surface area (Å²) in [4.78, 5) is 14.2. The highest BCUT2D eigenvalue weighted by atomic mass is 16.5. The highest BCUT2D eigenvalue weighted by Crippen LogP contribution is 2.13. The van der Waals surface area contributed by atoms with Crippen LogP contribution in [0.4, 0.5) is 0 Å². The molecule has 4 heteroatoms. The van der Waals surface area contributed by atoms with Gasteiger partial charge in [-0.05, 0) is 12.8 Å². The lowest BCUT2D eigenvalue weighted by Gasteiger charge is -2.26. The molecule has 0 atom stereocenters. The maximum atomic E-state index is 11.7. The first-order valence-corrected chi connectivity index (χ1v) is 11.9. The highest BCUT2D eigenvalue weighted by Gasteiger charge is 2.09. The summed E-state index contributed by atoms with van der Waals surface area (Å²) in [6.45, 7) is 8.31. The van der Waals surface area contributed by atoms with Crippen LogP contribution >= 0.6 is 0 Å². The maximum Gasteiger partial charge on any atom is 0.305 e. The van der Waals surface area contributed by atoms with Gasteiger partial charge in [0, 0.05) is 39.1 Å². The average Bonchev–Trinajstić information content (AvgIpc) is 2.69. The average molecular weight is 383 g/mol. The molecule has 0 saturated carbocycles. The summed E-state index contributed by atoms with van der Waals surface area (Å²) in [6, 6.07) is 0. The minimum Gasteiger partial charge on any atom is -0.466 e. The van der Waals surface area contributed by atoms with E-state index in [1.54, 1.807) is 0 Å². The normalized spacial score (nSPS) is 15.1. The topological polar surface area (TPSA) is 41.6 Å². The van der Waals surface area contributed by atoms with Crippen molar-refractivity contribution in [2.45, 2.75) is 103 Å². The molecule has 0 radical (unpaired) electrons. The molecule has 1 fully saturated rings. The van der Waals surface area contributed by atoms with Crippen LogP contribution in [0.2, 0.25) is 0 Å². The molecule has 1 aliphatic heterocycles. The number of carbonyl (C=O) groups is 1. The molecule has 160 valence electrons. The van der Waals surface area contributed by atoms with Crippen LogP contribution in [0, 0.1) is 0 Å². The molecule has 1 saturated heterocycles. The number of piperazine rings is 1. The summed E-state index contributed by atoms with van der Waals surface area (Å²) in [6.07, 6.45) is 19.0. The van der Waals surface area contributed by atoms with Crippen molar-refractivity contribution in [3.05, 3.63) is 0 Å². The molecule has 0 spiro atoms. The van der Waals surface area contributed by atoms with E-state index in [0.29, 0.717) is 13.0 Å². The lowest BCUT2D eigenvalue weighted by atomic mass is 10.0. The monoisotopic (exact) mass is 382 g/mol. The van der Waals surface area contributed by atoms with Gasteiger partial charge in [0.2, 0.25) is 0 Å². The van der Waals surface area contributed by atoms with Crippen LogP contribution in [0.1, 0.15) is 103 Å². The van der Waals surface area contributed by atoms with Crippen molar-refractivity contribution in [3.8, 4) is 0 Å². The Labute approximate surface area is 168 Å². The maximum absolute atomic E-state index is 11.7. The fourth-order valence-corrected chi connectivity index (χ4v) is 3.77. The van der Waals surface area contributed by atoms with Gasteiger partial charge in [-0.2, -0.15) is 0 Å². The van der Waals surface area contributed by atoms with Crippen molar-refractivity contribution in [2.75, 3.05) is 39.3 Å². The van der Waals surface area contributed by atoms with Crippen molar-refractivity contribution in [1.29, 1.82) is 0 Å². The van der Waals surface area contributed by atoms with E-state index >= 15 is 0 Å². The molecule has 1 N–H and O–H groups in total. The van der Waals surface area contributed by atoms with Crippen LogP contribution in [0.15, 0.2) is 0 Å². The van der Waals surface area contributed by atoms with E-state index in [1.165, 1.54) is 77.0 Å². The third-order valence-corrected chi connectivity index (χ3v) is 5.58. The van der Waals surface area contributed by atoms with Crippen molar-refractivity contribution in [2.24, 2.45) is 0 Å². The van der Waals surface area contributed by atoms with Gasteiger partial charge >= 0.3 is 5.97 Å². The van der Waals surface area contributed by atoms with Gasteiger partial charge in [0.25, 0.3) is 0 Å². The quantitative estimate of drug-likeness (QED) is 0.258. The standard InChI is InChI=1S/C23H46N2O2/c1-2-3-4-5-6-7-8-9-10-11-12-13-14-16-23(26)27-22-15-19-25-20-17-24-18-21-25/h24H,2-22H2,1H3. The molecular weight excluding hydrogens is 336 g/mol. The van der Waals surface area contributed by atoms with Gasteiger partial charge in [0.15, 0.2) is 0 Å². The zero-order valence-electron chi connectivity index (χ0n) is 18.1. The summed E-state index contributed by atoms with van der Waals surface area (Å²) in [5.41, 5.74) is 0. The van der Waals surface area contributed by atoms with Crippen LogP contribution in [0.3, 0.4) is 0 Å². The molecular formula is C23H46N2O2. The fraction of sp³-hybridized carbons (Fsp3) is 0.957. The van der Waals surface area contributed by atoms with Crippen molar-refractivity contribution >= 4 is 5.97 Å². The van der Waals surface area contributed by atoms with Crippen molar-refractivity contribution < 1.29 is 9.53 Å². The minimum absolute atomic E-state index is 0.00150. The molecule has 0 aliphatic carbocycles. The Morgan fingerprint density at radius 3 is 1.85 bits per heavy atom. The summed E-state index contributed by atoms with van der Waals surface area (Å²) in [5, 5.41) is 3.35. The molecule has 0 aromatic heterocycles. The zero-order valence-corrected chi connectivity index (χ0v) is 18.1. The molecule has 0 amide bonds. The van der Waals surface area contributed by atoms with E-state index in [-0.39, 0.29) is 5.97 Å². The Morgan fingerprint density at radius 2 is 1.30 bits per heavy atom. The summed E-state index contributed by atoms with van der Waals surface area (Å²) in [5.74, 6) is -0.00150. The number of esters is 1. The van der Waals surface area contributed by atoms with Gasteiger partial charge in [0.05, 0.1) is 6.61 Å². The largest absolute Gasteiger partial charge is 0.466 e. The third-order valence-electron chi connectivity index (χ3n) is 5.58. The molecule has 0 aromatic carbocycles. The molecule has 4 nitrogen and oxygen atoms in total. The van der Waals surface area contributed by atoms with Crippen LogP contribution in [0.5, 0.6) is 0 Å². The first-order valence-electron chi connectivity index (χ1n) is 11.9. The SMILES string of the molecule is CCCCCCCCCCCCCCCC(=O)OCCCN1CCNCC1. The van der Waals surface area contributed by atoms with E-state index < -0.39 is 0 Å². The van der Waals surface area contributed by atoms with Crippen molar-refractivity contribution in [1.82, 2.24) is 10.2 Å². The Hall–Kier alpha value is -0.610. The Balaban J connectivity index is 1.74. The van der Waals surface area contributed by atoms with Gasteiger partial charge in [-0.25, -0.2) is 0 Å². The molecule has 0 aromatic rings. The number of rotatable bonds is 18. The minimum atomic E-state index is -0.00150. The van der Waals surface area contributed by atoms with Crippen LogP contribution in [-0.4, -0.2) is 50.2 Å². The van der Waals surface area contributed by atoms with Gasteiger partial charge in [-0.15, -0.1) is 0 Å². The second kappa shape index (κ2) is 18.7. The van der Waals surface area contributed by atoms with Crippen LogP contribution in [-0.2, 0) is 9.53 Å². The van der Waals surface area contributed by atoms with E-state index in [4.69, 9.17) is 4.74 Å². The van der Waals surface area contributed by atoms with Gasteiger partial charge in [0.1, 0.15) is 0 Å². The molecule has 1 aliphatic rings. The fourth-order valence-electron chi connectivity index (χ4n) is 3.77. The van der Waals surface area contributed by atoms with Gasteiger partial charge in [-0.1, -0.05) is 84.0 Å². The third kappa shape index (κ3) is 16.1. The predicted octanol–water partition coefficient (Wildman–Crippen LogP) is 5.31. The van der Waals surface area contributed by atoms with Crippen LogP contribution in [0.25, 0.3) is 0 Å². The van der Waals surface area contributed by atoms with E-state index in [2.05, 4.69) is 17.1 Å². The first kappa shape index (κ1) is 24.4. The zero-order chi connectivity index (χ0) is 19.4. The van der Waals surface area contributed by atoms with Crippen LogP contribution < -0.4 is 5.32 Å². The number of unbranched alkanes of at least 4 members (excludes halogenated alkanes) is 12. The Kier molecular flexibility index (Phi) is 17.0. The van der Waals surface area contributed by atoms with E-state index in [9.17, 15) is 4.79 Å². The number of hydrogen-bond donors (Lipinski definition) is 1. The lowest BCUT2D eigenvalue weighted by Crippen LogP contribution is -2.43. The highest BCUT2D eigenvalue weighted by molar-refractivity contribution is 5.69. The van der Waals surface area contributed by atoms with E-state index in [1.807, 2.05) is 0 Å². The number of hydrogen-bond acceptors (Lipinski definition) is 4. The molecule has 1 heterocycles.